The molecule has 0 aliphatic carbocycles. The highest BCUT2D eigenvalue weighted by atomic mass is 35.5. The first-order valence-corrected chi connectivity index (χ1v) is 3.87. The van der Waals surface area contributed by atoms with Crippen molar-refractivity contribution < 1.29 is 8.76 Å². The highest BCUT2D eigenvalue weighted by Crippen LogP contribution is 2.13. The van der Waals surface area contributed by atoms with Gasteiger partial charge in [0.25, 0.3) is 0 Å². The van der Waals surface area contributed by atoms with E-state index in [4.69, 9.17) is 11.6 Å². The SMILES string of the molecule is O=S([O-])c1cccnc1Cl. The van der Waals surface area contributed by atoms with E-state index in [-0.39, 0.29) is 10.0 Å². The number of halogens is 1. The van der Waals surface area contributed by atoms with Gasteiger partial charge in [-0.05, 0) is 23.2 Å². The fraction of sp³-hybridized carbons (Fsp3) is 0. The van der Waals surface area contributed by atoms with E-state index in [0.717, 1.165) is 0 Å². The molecule has 54 valence electrons. The van der Waals surface area contributed by atoms with Gasteiger partial charge in [-0.1, -0.05) is 11.6 Å². The van der Waals surface area contributed by atoms with Gasteiger partial charge in [-0.3, -0.25) is 4.21 Å². The standard InChI is InChI=1S/C5H4ClNO2S/c6-5-4(10(8)9)2-1-3-7-5/h1-3H,(H,8,9)/p-1. The number of hydrogen-bond acceptors (Lipinski definition) is 3. The summed E-state index contributed by atoms with van der Waals surface area (Å²) < 4.78 is 20.6. The van der Waals surface area contributed by atoms with Crippen molar-refractivity contribution in [2.75, 3.05) is 0 Å². The number of pyridine rings is 1. The van der Waals surface area contributed by atoms with E-state index in [1.807, 2.05) is 0 Å². The molecule has 1 aromatic rings. The molecule has 0 radical (unpaired) electrons. The van der Waals surface area contributed by atoms with Gasteiger partial charge in [0.05, 0.1) is 4.90 Å². The summed E-state index contributed by atoms with van der Waals surface area (Å²) in [6, 6.07) is 2.90. The van der Waals surface area contributed by atoms with Crippen molar-refractivity contribution in [3.05, 3.63) is 23.5 Å². The lowest BCUT2D eigenvalue weighted by Crippen LogP contribution is -1.90. The second-order valence-corrected chi connectivity index (χ2v) is 2.79. The van der Waals surface area contributed by atoms with Crippen molar-refractivity contribution in [1.29, 1.82) is 0 Å². The molecule has 0 N–H and O–H groups in total. The Morgan fingerprint density at radius 1 is 1.70 bits per heavy atom. The molecule has 0 spiro atoms. The maximum Gasteiger partial charge on any atom is 0.143 e. The molecule has 1 unspecified atom stereocenters. The summed E-state index contributed by atoms with van der Waals surface area (Å²) in [6.45, 7) is 0. The van der Waals surface area contributed by atoms with E-state index >= 15 is 0 Å². The predicted molar refractivity (Wildman–Crippen MR) is 36.4 cm³/mol. The number of aromatic nitrogens is 1. The second-order valence-electron chi connectivity index (χ2n) is 1.53. The maximum absolute atomic E-state index is 10.3. The Morgan fingerprint density at radius 2 is 2.40 bits per heavy atom. The zero-order valence-corrected chi connectivity index (χ0v) is 6.35. The molecule has 3 nitrogen and oxygen atoms in total. The van der Waals surface area contributed by atoms with Crippen LogP contribution in [0.4, 0.5) is 0 Å². The van der Waals surface area contributed by atoms with Crippen molar-refractivity contribution in [2.45, 2.75) is 4.90 Å². The molecule has 10 heavy (non-hydrogen) atoms. The minimum absolute atomic E-state index is 0.0100. The van der Waals surface area contributed by atoms with Gasteiger partial charge in [-0.2, -0.15) is 0 Å². The third-order valence-electron chi connectivity index (χ3n) is 0.904. The normalized spacial score (nSPS) is 13.0. The van der Waals surface area contributed by atoms with Gasteiger partial charge >= 0.3 is 0 Å². The Morgan fingerprint density at radius 3 is 2.80 bits per heavy atom. The molecule has 1 aromatic heterocycles. The molecule has 0 aliphatic heterocycles. The molecule has 0 bridgehead atoms. The Bertz CT molecular complexity index is 266. The second kappa shape index (κ2) is 3.09. The van der Waals surface area contributed by atoms with E-state index in [1.165, 1.54) is 18.3 Å². The van der Waals surface area contributed by atoms with Crippen LogP contribution in [-0.4, -0.2) is 13.7 Å². The monoisotopic (exact) mass is 176 g/mol. The smallest absolute Gasteiger partial charge is 0.143 e. The average molecular weight is 177 g/mol. The Hall–Kier alpha value is -0.450. The summed E-state index contributed by atoms with van der Waals surface area (Å²) in [7, 11) is 0. The highest BCUT2D eigenvalue weighted by Gasteiger charge is 1.97. The molecule has 1 atom stereocenters. The summed E-state index contributed by atoms with van der Waals surface area (Å²) in [5.74, 6) is 0. The summed E-state index contributed by atoms with van der Waals surface area (Å²) in [5.41, 5.74) is 0. The maximum atomic E-state index is 10.3. The first-order valence-electron chi connectivity index (χ1n) is 2.41. The number of hydrogen-bond donors (Lipinski definition) is 0. The van der Waals surface area contributed by atoms with Gasteiger partial charge < -0.3 is 4.55 Å². The quantitative estimate of drug-likeness (QED) is 0.473. The third kappa shape index (κ3) is 1.53. The fourth-order valence-electron chi connectivity index (χ4n) is 0.496. The molecule has 0 saturated carbocycles. The molecule has 0 saturated heterocycles. The summed E-state index contributed by atoms with van der Waals surface area (Å²) in [6.07, 6.45) is 1.43. The van der Waals surface area contributed by atoms with Crippen molar-refractivity contribution in [2.24, 2.45) is 0 Å². The molecule has 5 heteroatoms. The summed E-state index contributed by atoms with van der Waals surface area (Å²) in [5, 5.41) is 0.0100. The van der Waals surface area contributed by atoms with E-state index in [1.54, 1.807) is 0 Å². The fourth-order valence-corrected chi connectivity index (χ4v) is 1.18. The van der Waals surface area contributed by atoms with Crippen LogP contribution in [0.3, 0.4) is 0 Å². The molecule has 0 aromatic carbocycles. The van der Waals surface area contributed by atoms with Crippen molar-refractivity contribution in [3.8, 4) is 0 Å². The lowest BCUT2D eigenvalue weighted by molar-refractivity contribution is 0.537. The van der Waals surface area contributed by atoms with Crippen LogP contribution in [0, 0.1) is 0 Å². The Kier molecular flexibility index (Phi) is 2.37. The average Bonchev–Trinajstić information content (AvgIpc) is 1.88. The first-order chi connectivity index (χ1) is 4.72. The van der Waals surface area contributed by atoms with E-state index in [0.29, 0.717) is 0 Å². The Balaban J connectivity index is 3.15. The van der Waals surface area contributed by atoms with E-state index in [2.05, 4.69) is 4.98 Å². The Labute approximate surface area is 65.3 Å². The molecule has 0 amide bonds. The topological polar surface area (TPSA) is 53.0 Å². The molecule has 1 rings (SSSR count). The summed E-state index contributed by atoms with van der Waals surface area (Å²) >= 11 is 3.13. The van der Waals surface area contributed by atoms with Crippen LogP contribution in [0.15, 0.2) is 23.2 Å². The first kappa shape index (κ1) is 7.65. The van der Waals surface area contributed by atoms with Gasteiger partial charge in [0.15, 0.2) is 0 Å². The minimum atomic E-state index is -2.28. The predicted octanol–water partition coefficient (Wildman–Crippen LogP) is 0.973. The lowest BCUT2D eigenvalue weighted by atomic mass is 10.5. The van der Waals surface area contributed by atoms with Crippen LogP contribution in [0.5, 0.6) is 0 Å². The highest BCUT2D eigenvalue weighted by molar-refractivity contribution is 7.79. The van der Waals surface area contributed by atoms with Gasteiger partial charge in [-0.15, -0.1) is 0 Å². The van der Waals surface area contributed by atoms with Gasteiger partial charge in [0.2, 0.25) is 0 Å². The zero-order chi connectivity index (χ0) is 7.56. The van der Waals surface area contributed by atoms with Crippen LogP contribution in [0.2, 0.25) is 5.15 Å². The largest absolute Gasteiger partial charge is 0.768 e. The van der Waals surface area contributed by atoms with E-state index in [9.17, 15) is 8.76 Å². The van der Waals surface area contributed by atoms with Gasteiger partial charge in [-0.25, -0.2) is 4.98 Å². The van der Waals surface area contributed by atoms with Gasteiger partial charge in [0, 0.05) is 6.20 Å². The van der Waals surface area contributed by atoms with E-state index < -0.39 is 11.1 Å². The van der Waals surface area contributed by atoms with Gasteiger partial charge in [0.1, 0.15) is 5.15 Å². The molecule has 0 fully saturated rings. The zero-order valence-electron chi connectivity index (χ0n) is 4.78. The summed E-state index contributed by atoms with van der Waals surface area (Å²) in [4.78, 5) is 3.60. The van der Waals surface area contributed by atoms with Crippen molar-refractivity contribution in [1.82, 2.24) is 4.98 Å². The van der Waals surface area contributed by atoms with Crippen molar-refractivity contribution in [3.63, 3.8) is 0 Å². The van der Waals surface area contributed by atoms with Crippen LogP contribution >= 0.6 is 11.6 Å². The van der Waals surface area contributed by atoms with Crippen LogP contribution in [0.1, 0.15) is 0 Å². The minimum Gasteiger partial charge on any atom is -0.768 e. The molecule has 0 aliphatic rings. The van der Waals surface area contributed by atoms with Crippen LogP contribution < -0.4 is 0 Å². The number of nitrogens with zero attached hydrogens (tertiary/aromatic N) is 1. The van der Waals surface area contributed by atoms with Crippen molar-refractivity contribution >= 4 is 22.7 Å². The number of rotatable bonds is 1. The van der Waals surface area contributed by atoms with Crippen LogP contribution in [0.25, 0.3) is 0 Å². The van der Waals surface area contributed by atoms with Crippen LogP contribution in [-0.2, 0) is 11.1 Å². The third-order valence-corrected chi connectivity index (χ3v) is 2.01. The molecular formula is C5H3ClNO2S-. The molecular weight excluding hydrogens is 174 g/mol. The molecule has 1 heterocycles. The lowest BCUT2D eigenvalue weighted by Gasteiger charge is -2.04.